The summed E-state index contributed by atoms with van der Waals surface area (Å²) in [6.07, 6.45) is 4.86. The van der Waals surface area contributed by atoms with Crippen molar-refractivity contribution in [2.24, 2.45) is 5.92 Å². The number of nitrogens with zero attached hydrogens (tertiary/aromatic N) is 1. The van der Waals surface area contributed by atoms with Gasteiger partial charge in [0.15, 0.2) is 0 Å². The van der Waals surface area contributed by atoms with Gasteiger partial charge in [-0.25, -0.2) is 0 Å². The normalized spacial score (nSPS) is 28.9. The van der Waals surface area contributed by atoms with Gasteiger partial charge in [-0.05, 0) is 31.4 Å². The lowest BCUT2D eigenvalue weighted by molar-refractivity contribution is -0.0886. The van der Waals surface area contributed by atoms with Crippen LogP contribution in [-0.2, 0) is 0 Å². The second-order valence-corrected chi connectivity index (χ2v) is 6.25. The minimum Gasteiger partial charge on any atom is -0.496 e. The summed E-state index contributed by atoms with van der Waals surface area (Å²) in [5.74, 6) is 0.853. The first kappa shape index (κ1) is 14.4. The van der Waals surface area contributed by atoms with E-state index in [1.165, 1.54) is 0 Å². The largest absolute Gasteiger partial charge is 0.496 e. The van der Waals surface area contributed by atoms with Crippen LogP contribution in [-0.4, -0.2) is 41.7 Å². The van der Waals surface area contributed by atoms with Gasteiger partial charge in [-0.3, -0.25) is 4.79 Å². The molecule has 21 heavy (non-hydrogen) atoms. The summed E-state index contributed by atoms with van der Waals surface area (Å²) in [6, 6.07) is 7.35. The van der Waals surface area contributed by atoms with E-state index in [9.17, 15) is 9.90 Å². The molecule has 2 aliphatic rings. The van der Waals surface area contributed by atoms with Gasteiger partial charge in [0.2, 0.25) is 0 Å². The van der Waals surface area contributed by atoms with Crippen molar-refractivity contribution in [1.29, 1.82) is 0 Å². The molecule has 1 N–H and O–H groups in total. The number of aliphatic hydroxyl groups is 1. The Bertz CT molecular complexity index is 531. The van der Waals surface area contributed by atoms with Gasteiger partial charge in [-0.15, -0.1) is 0 Å². The third-order valence-electron chi connectivity index (χ3n) is 5.05. The third-order valence-corrected chi connectivity index (χ3v) is 5.05. The van der Waals surface area contributed by atoms with Gasteiger partial charge in [-0.1, -0.05) is 25.0 Å². The van der Waals surface area contributed by atoms with Crippen molar-refractivity contribution >= 4 is 5.91 Å². The predicted molar refractivity (Wildman–Crippen MR) is 80.4 cm³/mol. The molecule has 1 aromatic rings. The first-order valence-corrected chi connectivity index (χ1v) is 7.79. The minimum absolute atomic E-state index is 0.0140. The minimum atomic E-state index is -0.546. The van der Waals surface area contributed by atoms with Crippen LogP contribution in [0.5, 0.6) is 5.75 Å². The number of piperidine rings is 1. The molecule has 0 aromatic heterocycles. The predicted octanol–water partition coefficient (Wildman–Crippen LogP) is 2.46. The summed E-state index contributed by atoms with van der Waals surface area (Å²) >= 11 is 0. The molecule has 1 amide bonds. The number of benzene rings is 1. The van der Waals surface area contributed by atoms with E-state index in [1.807, 2.05) is 29.2 Å². The fraction of sp³-hybridized carbons (Fsp3) is 0.588. The molecule has 2 fully saturated rings. The van der Waals surface area contributed by atoms with Crippen LogP contribution in [0.3, 0.4) is 0 Å². The maximum absolute atomic E-state index is 12.7. The van der Waals surface area contributed by atoms with Gasteiger partial charge in [0.25, 0.3) is 5.91 Å². The first-order valence-electron chi connectivity index (χ1n) is 7.79. The van der Waals surface area contributed by atoms with Crippen molar-refractivity contribution in [3.8, 4) is 5.75 Å². The number of carbonyl (C=O) groups excluding carboxylic acids is 1. The van der Waals surface area contributed by atoms with Gasteiger partial charge >= 0.3 is 0 Å². The van der Waals surface area contributed by atoms with E-state index in [0.717, 1.165) is 25.7 Å². The lowest BCUT2D eigenvalue weighted by atomic mass is 9.71. The van der Waals surface area contributed by atoms with Crippen LogP contribution in [0.1, 0.15) is 42.5 Å². The number of hydrogen-bond donors (Lipinski definition) is 1. The molecule has 1 saturated heterocycles. The van der Waals surface area contributed by atoms with E-state index in [4.69, 9.17) is 4.74 Å². The zero-order chi connectivity index (χ0) is 14.9. The van der Waals surface area contributed by atoms with Crippen LogP contribution in [0.25, 0.3) is 0 Å². The van der Waals surface area contributed by atoms with E-state index in [0.29, 0.717) is 30.8 Å². The summed E-state index contributed by atoms with van der Waals surface area (Å²) in [5.41, 5.74) is 0.0664. The Labute approximate surface area is 125 Å². The molecule has 0 bridgehead atoms. The maximum atomic E-state index is 12.7. The van der Waals surface area contributed by atoms with Gasteiger partial charge in [0.1, 0.15) is 5.75 Å². The summed E-state index contributed by atoms with van der Waals surface area (Å²) in [4.78, 5) is 14.6. The molecule has 1 aliphatic carbocycles. The van der Waals surface area contributed by atoms with Crippen LogP contribution < -0.4 is 4.74 Å². The van der Waals surface area contributed by atoms with Crippen molar-refractivity contribution in [3.05, 3.63) is 29.8 Å². The highest BCUT2D eigenvalue weighted by Gasteiger charge is 2.43. The Morgan fingerprint density at radius 3 is 2.95 bits per heavy atom. The van der Waals surface area contributed by atoms with E-state index in [-0.39, 0.29) is 11.8 Å². The lowest BCUT2D eigenvalue weighted by Gasteiger charge is -2.47. The number of fused-ring (bicyclic) bond motifs is 1. The molecule has 1 aliphatic heterocycles. The average Bonchev–Trinajstić information content (AvgIpc) is 2.53. The Morgan fingerprint density at radius 2 is 2.14 bits per heavy atom. The van der Waals surface area contributed by atoms with Crippen LogP contribution in [0, 0.1) is 5.92 Å². The zero-order valence-electron chi connectivity index (χ0n) is 12.5. The second kappa shape index (κ2) is 5.68. The zero-order valence-corrected chi connectivity index (χ0v) is 12.5. The molecular weight excluding hydrogens is 266 g/mol. The lowest BCUT2D eigenvalue weighted by Crippen LogP contribution is -2.54. The Morgan fingerprint density at radius 1 is 1.33 bits per heavy atom. The Kier molecular flexibility index (Phi) is 3.89. The van der Waals surface area contributed by atoms with E-state index in [2.05, 4.69) is 0 Å². The molecule has 0 radical (unpaired) electrons. The van der Waals surface area contributed by atoms with Crippen LogP contribution in [0.2, 0.25) is 0 Å². The van der Waals surface area contributed by atoms with Gasteiger partial charge < -0.3 is 14.7 Å². The number of ether oxygens (including phenoxy) is 1. The maximum Gasteiger partial charge on any atom is 0.257 e. The number of methoxy groups -OCH3 is 1. The topological polar surface area (TPSA) is 49.8 Å². The van der Waals surface area contributed by atoms with Crippen molar-refractivity contribution < 1.29 is 14.6 Å². The highest BCUT2D eigenvalue weighted by molar-refractivity contribution is 5.97. The van der Waals surface area contributed by atoms with Gasteiger partial charge in [0.05, 0.1) is 18.3 Å². The molecule has 4 heteroatoms. The molecule has 1 heterocycles. The SMILES string of the molecule is COc1ccccc1C(=O)N1CCC2(O)CCCCC2C1. The van der Waals surface area contributed by atoms with Gasteiger partial charge in [0, 0.05) is 19.0 Å². The monoisotopic (exact) mass is 289 g/mol. The Balaban J connectivity index is 1.77. The van der Waals surface area contributed by atoms with Gasteiger partial charge in [-0.2, -0.15) is 0 Å². The van der Waals surface area contributed by atoms with E-state index >= 15 is 0 Å². The van der Waals surface area contributed by atoms with Crippen molar-refractivity contribution in [1.82, 2.24) is 4.90 Å². The Hall–Kier alpha value is -1.55. The molecule has 4 nitrogen and oxygen atoms in total. The number of rotatable bonds is 2. The van der Waals surface area contributed by atoms with Crippen LogP contribution in [0.15, 0.2) is 24.3 Å². The smallest absolute Gasteiger partial charge is 0.257 e. The molecule has 114 valence electrons. The number of hydrogen-bond acceptors (Lipinski definition) is 3. The molecule has 1 saturated carbocycles. The molecular formula is C17H23NO3. The molecule has 2 unspecified atom stereocenters. The number of amides is 1. The summed E-state index contributed by atoms with van der Waals surface area (Å²) in [7, 11) is 1.59. The molecule has 1 aromatic carbocycles. The number of likely N-dealkylation sites (tertiary alicyclic amines) is 1. The standard InChI is InChI=1S/C17H23NO3/c1-21-15-8-3-2-7-14(15)16(19)18-11-10-17(20)9-5-4-6-13(17)12-18/h2-3,7-8,13,20H,4-6,9-12H2,1H3. The van der Waals surface area contributed by atoms with Crippen LogP contribution >= 0.6 is 0 Å². The first-order chi connectivity index (χ1) is 10.1. The highest BCUT2D eigenvalue weighted by atomic mass is 16.5. The summed E-state index contributed by atoms with van der Waals surface area (Å²) in [6.45, 7) is 1.29. The molecule has 0 spiro atoms. The summed E-state index contributed by atoms with van der Waals surface area (Å²) in [5, 5.41) is 10.7. The van der Waals surface area contributed by atoms with Crippen LogP contribution in [0.4, 0.5) is 0 Å². The fourth-order valence-electron chi connectivity index (χ4n) is 3.75. The third kappa shape index (κ3) is 2.64. The highest BCUT2D eigenvalue weighted by Crippen LogP contribution is 2.40. The fourth-order valence-corrected chi connectivity index (χ4v) is 3.75. The molecule has 2 atom stereocenters. The van der Waals surface area contributed by atoms with E-state index < -0.39 is 5.60 Å². The average molecular weight is 289 g/mol. The van der Waals surface area contributed by atoms with Crippen molar-refractivity contribution in [2.75, 3.05) is 20.2 Å². The summed E-state index contributed by atoms with van der Waals surface area (Å²) < 4.78 is 5.29. The van der Waals surface area contributed by atoms with Crippen molar-refractivity contribution in [2.45, 2.75) is 37.7 Å². The van der Waals surface area contributed by atoms with E-state index in [1.54, 1.807) is 7.11 Å². The number of para-hydroxylation sites is 1. The quantitative estimate of drug-likeness (QED) is 0.910. The molecule has 3 rings (SSSR count). The second-order valence-electron chi connectivity index (χ2n) is 6.25. The van der Waals surface area contributed by atoms with Crippen molar-refractivity contribution in [3.63, 3.8) is 0 Å². The number of carbonyl (C=O) groups is 1.